The summed E-state index contributed by atoms with van der Waals surface area (Å²) >= 11 is 1.61. The molecule has 4 rings (SSSR count). The zero-order valence-corrected chi connectivity index (χ0v) is 17.2. The summed E-state index contributed by atoms with van der Waals surface area (Å²) in [7, 11) is 1.64. The molecule has 0 saturated carbocycles. The molecule has 28 heavy (non-hydrogen) atoms. The lowest BCUT2D eigenvalue weighted by molar-refractivity contribution is 0.0945. The summed E-state index contributed by atoms with van der Waals surface area (Å²) in [5.74, 6) is 2.53. The van der Waals surface area contributed by atoms with Gasteiger partial charge in [0.05, 0.1) is 31.2 Å². The van der Waals surface area contributed by atoms with Crippen molar-refractivity contribution in [2.45, 2.75) is 50.2 Å². The van der Waals surface area contributed by atoms with E-state index in [0.717, 1.165) is 48.2 Å². The van der Waals surface area contributed by atoms with Crippen molar-refractivity contribution < 1.29 is 14.0 Å². The van der Waals surface area contributed by atoms with Crippen LogP contribution in [0.1, 0.15) is 30.1 Å². The normalized spacial score (nSPS) is 16.6. The maximum atomic E-state index is 5.80. The standard InChI is InChI=1S/C20H24N4O3S/c1-13-14(2)24(11-17-5-4-10-26-17)20(21-13)28-12-18-22-19(23-27-18)15-6-8-16(25-3)9-7-15/h6-9,17H,4-5,10-12H2,1-3H3. The Kier molecular flexibility index (Phi) is 5.68. The van der Waals surface area contributed by atoms with Gasteiger partial charge in [0.1, 0.15) is 5.75 Å². The van der Waals surface area contributed by atoms with E-state index in [1.807, 2.05) is 31.2 Å². The van der Waals surface area contributed by atoms with Crippen LogP contribution in [0.2, 0.25) is 0 Å². The molecule has 3 aromatic rings. The molecule has 0 amide bonds. The number of benzene rings is 1. The minimum absolute atomic E-state index is 0.275. The Hall–Kier alpha value is -2.32. The monoisotopic (exact) mass is 400 g/mol. The second-order valence-electron chi connectivity index (χ2n) is 6.84. The maximum absolute atomic E-state index is 5.80. The first-order valence-electron chi connectivity index (χ1n) is 9.39. The molecule has 148 valence electrons. The van der Waals surface area contributed by atoms with Gasteiger partial charge in [0, 0.05) is 17.9 Å². The highest BCUT2D eigenvalue weighted by molar-refractivity contribution is 7.98. The number of ether oxygens (including phenoxy) is 2. The van der Waals surface area contributed by atoms with Gasteiger partial charge in [-0.25, -0.2) is 4.98 Å². The van der Waals surface area contributed by atoms with Crippen molar-refractivity contribution in [3.63, 3.8) is 0 Å². The summed E-state index contributed by atoms with van der Waals surface area (Å²) in [5, 5.41) is 5.06. The van der Waals surface area contributed by atoms with Crippen molar-refractivity contribution in [3.8, 4) is 17.1 Å². The average Bonchev–Trinajstić information content (AvgIpc) is 3.45. The zero-order chi connectivity index (χ0) is 19.5. The molecule has 3 heterocycles. The quantitative estimate of drug-likeness (QED) is 0.554. The van der Waals surface area contributed by atoms with Crippen LogP contribution in [0.4, 0.5) is 0 Å². The molecule has 0 N–H and O–H groups in total. The van der Waals surface area contributed by atoms with Crippen LogP contribution in [0.3, 0.4) is 0 Å². The average molecular weight is 401 g/mol. The van der Waals surface area contributed by atoms with Crippen molar-refractivity contribution in [2.75, 3.05) is 13.7 Å². The van der Waals surface area contributed by atoms with Gasteiger partial charge in [0.15, 0.2) is 5.16 Å². The Bertz CT molecular complexity index is 930. The Labute approximate surface area is 168 Å². The summed E-state index contributed by atoms with van der Waals surface area (Å²) in [6.07, 6.45) is 2.52. The Morgan fingerprint density at radius 1 is 1.21 bits per heavy atom. The molecule has 1 unspecified atom stereocenters. The molecule has 1 aliphatic heterocycles. The summed E-state index contributed by atoms with van der Waals surface area (Å²) < 4.78 is 18.7. The predicted octanol–water partition coefficient (Wildman–Crippen LogP) is 4.03. The van der Waals surface area contributed by atoms with E-state index in [9.17, 15) is 0 Å². The second kappa shape index (κ2) is 8.36. The molecular weight excluding hydrogens is 376 g/mol. The first kappa shape index (κ1) is 19.0. The van der Waals surface area contributed by atoms with Crippen LogP contribution in [0.15, 0.2) is 33.9 Å². The molecule has 1 aromatic carbocycles. The molecule has 0 bridgehead atoms. The lowest BCUT2D eigenvalue weighted by Gasteiger charge is -2.14. The third kappa shape index (κ3) is 4.07. The summed E-state index contributed by atoms with van der Waals surface area (Å²) in [4.78, 5) is 9.23. The molecule has 1 fully saturated rings. The SMILES string of the molecule is COc1ccc(-c2noc(CSc3nc(C)c(C)n3CC3CCCO3)n2)cc1. The van der Waals surface area contributed by atoms with Gasteiger partial charge in [-0.2, -0.15) is 4.98 Å². The summed E-state index contributed by atoms with van der Waals surface area (Å²) in [6, 6.07) is 7.60. The van der Waals surface area contributed by atoms with Crippen LogP contribution < -0.4 is 4.74 Å². The molecule has 1 aliphatic rings. The number of nitrogens with zero attached hydrogens (tertiary/aromatic N) is 4. The molecule has 2 aromatic heterocycles. The lowest BCUT2D eigenvalue weighted by Crippen LogP contribution is -2.16. The van der Waals surface area contributed by atoms with Crippen LogP contribution in [0, 0.1) is 13.8 Å². The van der Waals surface area contributed by atoms with Crippen molar-refractivity contribution in [1.29, 1.82) is 0 Å². The van der Waals surface area contributed by atoms with E-state index in [4.69, 9.17) is 19.0 Å². The predicted molar refractivity (Wildman–Crippen MR) is 107 cm³/mol. The number of methoxy groups -OCH3 is 1. The fourth-order valence-electron chi connectivity index (χ4n) is 3.24. The number of aryl methyl sites for hydroxylation is 1. The van der Waals surface area contributed by atoms with Gasteiger partial charge in [0.25, 0.3) is 0 Å². The largest absolute Gasteiger partial charge is 0.497 e. The van der Waals surface area contributed by atoms with Crippen LogP contribution in [-0.2, 0) is 17.0 Å². The van der Waals surface area contributed by atoms with Gasteiger partial charge in [-0.15, -0.1) is 0 Å². The maximum Gasteiger partial charge on any atom is 0.237 e. The smallest absolute Gasteiger partial charge is 0.237 e. The van der Waals surface area contributed by atoms with E-state index in [0.29, 0.717) is 17.5 Å². The topological polar surface area (TPSA) is 75.2 Å². The second-order valence-corrected chi connectivity index (χ2v) is 7.78. The van der Waals surface area contributed by atoms with E-state index < -0.39 is 0 Å². The van der Waals surface area contributed by atoms with Crippen LogP contribution >= 0.6 is 11.8 Å². The molecule has 1 atom stereocenters. The fourth-order valence-corrected chi connectivity index (χ4v) is 4.18. The van der Waals surface area contributed by atoms with E-state index in [1.54, 1.807) is 18.9 Å². The minimum Gasteiger partial charge on any atom is -0.497 e. The minimum atomic E-state index is 0.275. The first-order chi connectivity index (χ1) is 13.6. The van der Waals surface area contributed by atoms with Crippen LogP contribution in [0.5, 0.6) is 5.75 Å². The highest BCUT2D eigenvalue weighted by Crippen LogP contribution is 2.27. The third-order valence-electron chi connectivity index (χ3n) is 4.97. The van der Waals surface area contributed by atoms with Crippen molar-refractivity contribution >= 4 is 11.8 Å². The first-order valence-corrected chi connectivity index (χ1v) is 10.4. The van der Waals surface area contributed by atoms with Crippen molar-refractivity contribution in [3.05, 3.63) is 41.5 Å². The van der Waals surface area contributed by atoms with Crippen LogP contribution in [0.25, 0.3) is 11.4 Å². The van der Waals surface area contributed by atoms with Crippen molar-refractivity contribution in [2.24, 2.45) is 0 Å². The number of hydrogen-bond acceptors (Lipinski definition) is 7. The summed E-state index contributed by atoms with van der Waals surface area (Å²) in [5.41, 5.74) is 3.12. The van der Waals surface area contributed by atoms with Gasteiger partial charge in [-0.05, 0) is 51.0 Å². The Balaban J connectivity index is 1.44. The molecule has 7 nitrogen and oxygen atoms in total. The van der Waals surface area contributed by atoms with Gasteiger partial charge < -0.3 is 18.6 Å². The van der Waals surface area contributed by atoms with Gasteiger partial charge in [-0.3, -0.25) is 0 Å². The van der Waals surface area contributed by atoms with Crippen molar-refractivity contribution in [1.82, 2.24) is 19.7 Å². The van der Waals surface area contributed by atoms with E-state index >= 15 is 0 Å². The molecule has 0 spiro atoms. The van der Waals surface area contributed by atoms with Gasteiger partial charge >= 0.3 is 0 Å². The number of aromatic nitrogens is 4. The van der Waals surface area contributed by atoms with E-state index in [2.05, 4.69) is 21.6 Å². The highest BCUT2D eigenvalue weighted by Gasteiger charge is 2.21. The van der Waals surface area contributed by atoms with Gasteiger partial charge in [0.2, 0.25) is 11.7 Å². The molecule has 0 radical (unpaired) electrons. The fraction of sp³-hybridized carbons (Fsp3) is 0.450. The number of imidazole rings is 1. The Morgan fingerprint density at radius 2 is 2.04 bits per heavy atom. The molecule has 1 saturated heterocycles. The lowest BCUT2D eigenvalue weighted by atomic mass is 10.2. The van der Waals surface area contributed by atoms with E-state index in [-0.39, 0.29) is 6.10 Å². The van der Waals surface area contributed by atoms with E-state index in [1.165, 1.54) is 5.69 Å². The number of hydrogen-bond donors (Lipinski definition) is 0. The molecule has 8 heteroatoms. The number of rotatable bonds is 7. The Morgan fingerprint density at radius 3 is 2.75 bits per heavy atom. The third-order valence-corrected chi connectivity index (χ3v) is 5.94. The molecule has 0 aliphatic carbocycles. The highest BCUT2D eigenvalue weighted by atomic mass is 32.2. The zero-order valence-electron chi connectivity index (χ0n) is 16.3. The van der Waals surface area contributed by atoms with Crippen LogP contribution in [-0.4, -0.2) is 39.5 Å². The number of thioether (sulfide) groups is 1. The van der Waals surface area contributed by atoms with Gasteiger partial charge in [-0.1, -0.05) is 16.9 Å². The summed E-state index contributed by atoms with van der Waals surface area (Å²) in [6.45, 7) is 5.85. The molecular formula is C20H24N4O3S.